The Bertz CT molecular complexity index is 1240. The van der Waals surface area contributed by atoms with Crippen molar-refractivity contribution < 1.29 is 38.4 Å². The van der Waals surface area contributed by atoms with Crippen LogP contribution in [-0.4, -0.2) is 52.6 Å². The van der Waals surface area contributed by atoms with Gasteiger partial charge in [0.1, 0.15) is 6.54 Å². The van der Waals surface area contributed by atoms with Crippen molar-refractivity contribution in [3.05, 3.63) is 67.1 Å². The van der Waals surface area contributed by atoms with Gasteiger partial charge >= 0.3 is 11.7 Å². The number of hydrogen-bond donors (Lipinski definition) is 0. The number of non-ortho nitro benzene ring substituents is 1. The molecular weight excluding hydrogens is 474 g/mol. The summed E-state index contributed by atoms with van der Waals surface area (Å²) < 4.78 is 15.3. The molecule has 0 aromatic heterocycles. The number of ether oxygens (including phenoxy) is 3. The first kappa shape index (κ1) is 24.2. The van der Waals surface area contributed by atoms with Crippen LogP contribution >= 0.6 is 11.8 Å². The van der Waals surface area contributed by atoms with Crippen LogP contribution in [0, 0.1) is 20.2 Å². The molecule has 34 heavy (non-hydrogen) atoms. The van der Waals surface area contributed by atoms with E-state index in [1.807, 2.05) is 0 Å². The van der Waals surface area contributed by atoms with Gasteiger partial charge < -0.3 is 14.2 Å². The largest absolute Gasteiger partial charge is 0.493 e. The number of imide groups is 1. The number of esters is 1. The summed E-state index contributed by atoms with van der Waals surface area (Å²) in [5.41, 5.74) is -0.645. The Hall–Kier alpha value is -4.46. The first-order chi connectivity index (χ1) is 16.1. The molecule has 3 rings (SSSR count). The number of benzene rings is 2. The number of nitro benzene ring substituents is 2. The minimum absolute atomic E-state index is 0.0652. The molecule has 176 valence electrons. The van der Waals surface area contributed by atoms with Crippen molar-refractivity contribution in [3.8, 4) is 17.2 Å². The van der Waals surface area contributed by atoms with Gasteiger partial charge in [0.2, 0.25) is 5.75 Å². The number of hydrogen-bond acceptors (Lipinski definition) is 11. The fourth-order valence-electron chi connectivity index (χ4n) is 2.81. The van der Waals surface area contributed by atoms with Gasteiger partial charge in [-0.3, -0.25) is 39.5 Å². The van der Waals surface area contributed by atoms with Gasteiger partial charge in [0, 0.05) is 6.07 Å². The molecule has 2 amide bonds. The van der Waals surface area contributed by atoms with Gasteiger partial charge in [0.05, 0.1) is 35.0 Å². The maximum Gasteiger partial charge on any atom is 0.325 e. The summed E-state index contributed by atoms with van der Waals surface area (Å²) in [5, 5.41) is 21.6. The third-order valence-corrected chi connectivity index (χ3v) is 5.35. The molecule has 1 saturated heterocycles. The van der Waals surface area contributed by atoms with Crippen LogP contribution < -0.4 is 9.47 Å². The molecule has 0 aliphatic carbocycles. The van der Waals surface area contributed by atoms with Crippen molar-refractivity contribution in [2.75, 3.05) is 20.8 Å². The molecule has 0 atom stereocenters. The lowest BCUT2D eigenvalue weighted by Crippen LogP contribution is -2.34. The number of carbonyl (C=O) groups is 3. The highest BCUT2D eigenvalue weighted by Gasteiger charge is 2.36. The second-order valence-electron chi connectivity index (χ2n) is 6.52. The standard InChI is InChI=1S/C20H15N3O10S/c1-31-16-7-11(8-17-19(25)21(20(26)34-17)10-18(24)32-2)3-5-15(16)33-14-6-4-12(22(27)28)9-13(14)23(29)30/h3-9H,10H2,1-2H3/b17-8-. The number of rotatable bonds is 8. The van der Waals surface area contributed by atoms with Crippen LogP contribution in [0.3, 0.4) is 0 Å². The van der Waals surface area contributed by atoms with Gasteiger partial charge in [-0.15, -0.1) is 0 Å². The molecule has 2 aromatic carbocycles. The van der Waals surface area contributed by atoms with E-state index in [0.717, 1.165) is 30.2 Å². The van der Waals surface area contributed by atoms with Crippen LogP contribution in [0.4, 0.5) is 16.2 Å². The summed E-state index contributed by atoms with van der Waals surface area (Å²) >= 11 is 0.647. The Morgan fingerprint density at radius 1 is 1.03 bits per heavy atom. The zero-order valence-corrected chi connectivity index (χ0v) is 18.4. The minimum atomic E-state index is -0.812. The quantitative estimate of drug-likeness (QED) is 0.230. The molecule has 0 spiro atoms. The van der Waals surface area contributed by atoms with E-state index in [2.05, 4.69) is 4.74 Å². The van der Waals surface area contributed by atoms with Crippen LogP contribution in [0.1, 0.15) is 5.56 Å². The number of nitro groups is 2. The summed E-state index contributed by atoms with van der Waals surface area (Å²) in [6, 6.07) is 7.31. The monoisotopic (exact) mass is 489 g/mol. The molecular formula is C20H15N3O10S. The molecule has 13 nitrogen and oxygen atoms in total. The van der Waals surface area contributed by atoms with Crippen molar-refractivity contribution in [2.45, 2.75) is 0 Å². The second kappa shape index (κ2) is 9.99. The van der Waals surface area contributed by atoms with Crippen LogP contribution in [0.5, 0.6) is 17.2 Å². The molecule has 0 unspecified atom stereocenters. The SMILES string of the molecule is COC(=O)CN1C(=O)S/C(=C\c2ccc(Oc3ccc([N+](=O)[O-])cc3[N+](=O)[O-])c(OC)c2)C1=O. The van der Waals surface area contributed by atoms with E-state index in [4.69, 9.17) is 9.47 Å². The predicted molar refractivity (Wildman–Crippen MR) is 118 cm³/mol. The summed E-state index contributed by atoms with van der Waals surface area (Å²) in [6.07, 6.45) is 1.41. The smallest absolute Gasteiger partial charge is 0.325 e. The van der Waals surface area contributed by atoms with E-state index in [1.165, 1.54) is 31.4 Å². The molecule has 0 N–H and O–H groups in total. The van der Waals surface area contributed by atoms with Crippen LogP contribution in [0.25, 0.3) is 6.08 Å². The normalized spacial score (nSPS) is 14.3. The highest BCUT2D eigenvalue weighted by molar-refractivity contribution is 8.18. The Morgan fingerprint density at radius 2 is 1.74 bits per heavy atom. The first-order valence-electron chi connectivity index (χ1n) is 9.25. The van der Waals surface area contributed by atoms with Crippen molar-refractivity contribution in [1.82, 2.24) is 4.90 Å². The van der Waals surface area contributed by atoms with Crippen LogP contribution in [0.2, 0.25) is 0 Å². The van der Waals surface area contributed by atoms with Crippen molar-refractivity contribution in [3.63, 3.8) is 0 Å². The lowest BCUT2D eigenvalue weighted by molar-refractivity contribution is -0.394. The molecule has 1 fully saturated rings. The summed E-state index contributed by atoms with van der Waals surface area (Å²) in [5.74, 6) is -1.45. The van der Waals surface area contributed by atoms with Gasteiger partial charge in [-0.2, -0.15) is 0 Å². The summed E-state index contributed by atoms with van der Waals surface area (Å²) in [4.78, 5) is 57.4. The molecule has 1 aliphatic rings. The highest BCUT2D eigenvalue weighted by atomic mass is 32.2. The zero-order valence-electron chi connectivity index (χ0n) is 17.6. The maximum atomic E-state index is 12.5. The molecule has 1 heterocycles. The molecule has 2 aromatic rings. The fourth-order valence-corrected chi connectivity index (χ4v) is 3.64. The molecule has 1 aliphatic heterocycles. The number of thioether (sulfide) groups is 1. The van der Waals surface area contributed by atoms with Gasteiger partial charge in [-0.05, 0) is 41.6 Å². The lowest BCUT2D eigenvalue weighted by atomic mass is 10.1. The zero-order chi connectivity index (χ0) is 25.0. The Morgan fingerprint density at radius 3 is 2.35 bits per heavy atom. The average molecular weight is 489 g/mol. The van der Waals surface area contributed by atoms with Crippen molar-refractivity contribution in [1.29, 1.82) is 0 Å². The van der Waals surface area contributed by atoms with Gasteiger partial charge in [0.15, 0.2) is 11.5 Å². The lowest BCUT2D eigenvalue weighted by Gasteiger charge is -2.11. The van der Waals surface area contributed by atoms with Crippen LogP contribution in [0.15, 0.2) is 41.3 Å². The topological polar surface area (TPSA) is 168 Å². The molecule has 0 bridgehead atoms. The van der Waals surface area contributed by atoms with Gasteiger partial charge in [-0.1, -0.05) is 6.07 Å². The van der Waals surface area contributed by atoms with E-state index in [1.54, 1.807) is 0 Å². The third-order valence-electron chi connectivity index (χ3n) is 4.44. The average Bonchev–Trinajstić information content (AvgIpc) is 3.06. The number of methoxy groups -OCH3 is 2. The summed E-state index contributed by atoms with van der Waals surface area (Å²) in [6.45, 7) is -0.511. The third kappa shape index (κ3) is 5.12. The fraction of sp³-hybridized carbons (Fsp3) is 0.150. The second-order valence-corrected chi connectivity index (χ2v) is 7.52. The van der Waals surface area contributed by atoms with Crippen LogP contribution in [-0.2, 0) is 14.3 Å². The van der Waals surface area contributed by atoms with Gasteiger partial charge in [-0.25, -0.2) is 0 Å². The van der Waals surface area contributed by atoms with Gasteiger partial charge in [0.25, 0.3) is 16.8 Å². The molecule has 14 heteroatoms. The molecule has 0 saturated carbocycles. The Balaban J connectivity index is 1.88. The highest BCUT2D eigenvalue weighted by Crippen LogP contribution is 2.39. The minimum Gasteiger partial charge on any atom is -0.493 e. The van der Waals surface area contributed by atoms with E-state index in [9.17, 15) is 34.6 Å². The van der Waals surface area contributed by atoms with E-state index >= 15 is 0 Å². The summed E-state index contributed by atoms with van der Waals surface area (Å²) in [7, 11) is 2.46. The number of carbonyl (C=O) groups excluding carboxylic acids is 3. The van der Waals surface area contributed by atoms with Crippen molar-refractivity contribution >= 4 is 46.3 Å². The molecule has 0 radical (unpaired) electrons. The predicted octanol–water partition coefficient (Wildman–Crippen LogP) is 3.51. The maximum absolute atomic E-state index is 12.5. The van der Waals surface area contributed by atoms with E-state index < -0.39 is 44.9 Å². The Labute approximate surface area is 195 Å². The number of amides is 2. The first-order valence-corrected chi connectivity index (χ1v) is 10.1. The number of nitrogens with zero attached hydrogens (tertiary/aromatic N) is 3. The van der Waals surface area contributed by atoms with E-state index in [-0.39, 0.29) is 22.2 Å². The Kier molecular flexibility index (Phi) is 7.11. The van der Waals surface area contributed by atoms with E-state index in [0.29, 0.717) is 17.3 Å². The van der Waals surface area contributed by atoms with Crippen molar-refractivity contribution in [2.24, 2.45) is 0 Å².